The maximum absolute atomic E-state index is 12.6. The van der Waals surface area contributed by atoms with Gasteiger partial charge in [-0.3, -0.25) is 4.79 Å². The molecule has 1 aliphatic heterocycles. The second-order valence-corrected chi connectivity index (χ2v) is 6.74. The molecule has 0 aromatic heterocycles. The summed E-state index contributed by atoms with van der Waals surface area (Å²) in [7, 11) is 4.12. The van der Waals surface area contributed by atoms with Gasteiger partial charge in [-0.25, -0.2) is 0 Å². The van der Waals surface area contributed by atoms with Crippen LogP contribution in [0.3, 0.4) is 0 Å². The lowest BCUT2D eigenvalue weighted by Crippen LogP contribution is -2.39. The molecular weight excluding hydrogens is 274 g/mol. The Kier molecular flexibility index (Phi) is 4.67. The fraction of sp³-hybridized carbons (Fsp3) is 0.611. The molecule has 0 bridgehead atoms. The van der Waals surface area contributed by atoms with Crippen molar-refractivity contribution in [2.24, 2.45) is 5.92 Å². The number of hydrogen-bond acceptors (Lipinski definition) is 3. The highest BCUT2D eigenvalue weighted by atomic mass is 16.2. The molecule has 2 aliphatic rings. The van der Waals surface area contributed by atoms with Crippen LogP contribution in [0.4, 0.5) is 5.69 Å². The van der Waals surface area contributed by atoms with Gasteiger partial charge >= 0.3 is 0 Å². The van der Waals surface area contributed by atoms with Crippen LogP contribution < -0.4 is 4.90 Å². The number of likely N-dealkylation sites (N-methyl/N-ethyl adjacent to an activating group) is 2. The van der Waals surface area contributed by atoms with Gasteiger partial charge in [-0.15, -0.1) is 0 Å². The number of benzene rings is 1. The fourth-order valence-electron chi connectivity index (χ4n) is 3.26. The third-order valence-corrected chi connectivity index (χ3v) is 4.99. The highest BCUT2D eigenvalue weighted by Gasteiger charge is 2.31. The molecule has 0 N–H and O–H groups in total. The summed E-state index contributed by atoms with van der Waals surface area (Å²) in [5.74, 6) is 0.457. The summed E-state index contributed by atoms with van der Waals surface area (Å²) < 4.78 is 0. The molecule has 1 saturated heterocycles. The summed E-state index contributed by atoms with van der Waals surface area (Å²) in [6.45, 7) is 3.66. The molecule has 1 heterocycles. The Balaban J connectivity index is 1.48. The van der Waals surface area contributed by atoms with Crippen LogP contribution in [0.5, 0.6) is 0 Å². The summed E-state index contributed by atoms with van der Waals surface area (Å²) in [4.78, 5) is 19.2. The van der Waals surface area contributed by atoms with E-state index in [-0.39, 0.29) is 5.92 Å². The van der Waals surface area contributed by atoms with E-state index in [1.54, 1.807) is 0 Å². The summed E-state index contributed by atoms with van der Waals surface area (Å²) in [6, 6.07) is 11.2. The summed E-state index contributed by atoms with van der Waals surface area (Å²) >= 11 is 0. The van der Waals surface area contributed by atoms with Crippen molar-refractivity contribution in [1.82, 2.24) is 9.80 Å². The van der Waals surface area contributed by atoms with Gasteiger partial charge in [-0.1, -0.05) is 18.2 Å². The van der Waals surface area contributed by atoms with Gasteiger partial charge in [0.15, 0.2) is 0 Å². The molecule has 1 atom stereocenters. The van der Waals surface area contributed by atoms with Crippen molar-refractivity contribution in [3.05, 3.63) is 30.3 Å². The van der Waals surface area contributed by atoms with Crippen molar-refractivity contribution in [2.75, 3.05) is 45.2 Å². The number of nitrogens with zero attached hydrogens (tertiary/aromatic N) is 3. The number of amides is 1. The van der Waals surface area contributed by atoms with E-state index < -0.39 is 0 Å². The number of carbonyl (C=O) groups is 1. The first-order chi connectivity index (χ1) is 10.6. The van der Waals surface area contributed by atoms with E-state index in [1.165, 1.54) is 18.5 Å². The van der Waals surface area contributed by atoms with E-state index in [4.69, 9.17) is 0 Å². The van der Waals surface area contributed by atoms with Gasteiger partial charge in [0, 0.05) is 45.0 Å². The van der Waals surface area contributed by atoms with E-state index in [1.807, 2.05) is 18.0 Å². The first-order valence-electron chi connectivity index (χ1n) is 8.40. The van der Waals surface area contributed by atoms with Gasteiger partial charge < -0.3 is 14.7 Å². The van der Waals surface area contributed by atoms with Gasteiger partial charge in [0.1, 0.15) is 0 Å². The van der Waals surface area contributed by atoms with Crippen molar-refractivity contribution in [1.29, 1.82) is 0 Å². The molecule has 120 valence electrons. The number of para-hydroxylation sites is 1. The molecule has 1 saturated carbocycles. The largest absolute Gasteiger partial charge is 0.371 e. The minimum atomic E-state index is 0.149. The van der Waals surface area contributed by atoms with E-state index in [9.17, 15) is 4.79 Å². The van der Waals surface area contributed by atoms with Crippen molar-refractivity contribution in [3.8, 4) is 0 Å². The van der Waals surface area contributed by atoms with E-state index >= 15 is 0 Å². The average Bonchev–Trinajstić information content (AvgIpc) is 3.29. The standard InChI is InChI=1S/C18H27N3O/c1-19(16-8-9-16)12-13-20(2)18(22)15-10-11-21(14-15)17-6-4-3-5-7-17/h3-7,15-16H,8-14H2,1-2H3/t15-/m1/s1. The van der Waals surface area contributed by atoms with Gasteiger partial charge in [0.05, 0.1) is 5.92 Å². The molecule has 1 aliphatic carbocycles. The molecule has 0 unspecified atom stereocenters. The maximum atomic E-state index is 12.6. The van der Waals surface area contributed by atoms with Gasteiger partial charge in [-0.2, -0.15) is 0 Å². The Labute approximate surface area is 133 Å². The normalized spacial score (nSPS) is 21.4. The van der Waals surface area contributed by atoms with E-state index in [0.717, 1.165) is 38.6 Å². The molecule has 1 aromatic carbocycles. The molecular formula is C18H27N3O. The second kappa shape index (κ2) is 6.69. The summed E-state index contributed by atoms with van der Waals surface area (Å²) in [6.07, 6.45) is 3.61. The third-order valence-electron chi connectivity index (χ3n) is 4.99. The SMILES string of the molecule is CN(CCN(C)C1CC1)C(=O)[C@@H]1CCN(c2ccccc2)C1. The molecule has 1 amide bonds. The van der Waals surface area contributed by atoms with Crippen LogP contribution in [-0.4, -0.2) is 62.0 Å². The van der Waals surface area contributed by atoms with Crippen molar-refractivity contribution >= 4 is 11.6 Å². The van der Waals surface area contributed by atoms with Crippen LogP contribution in [0.15, 0.2) is 30.3 Å². The zero-order valence-corrected chi connectivity index (χ0v) is 13.7. The molecule has 0 spiro atoms. The Hall–Kier alpha value is -1.55. The number of hydrogen-bond donors (Lipinski definition) is 0. The fourth-order valence-corrected chi connectivity index (χ4v) is 3.26. The number of rotatable bonds is 6. The zero-order valence-electron chi connectivity index (χ0n) is 13.7. The minimum Gasteiger partial charge on any atom is -0.371 e. The van der Waals surface area contributed by atoms with Gasteiger partial charge in [0.25, 0.3) is 0 Å². The van der Waals surface area contributed by atoms with Crippen LogP contribution in [-0.2, 0) is 4.79 Å². The Bertz CT molecular complexity index is 500. The highest BCUT2D eigenvalue weighted by molar-refractivity contribution is 5.80. The van der Waals surface area contributed by atoms with Crippen LogP contribution >= 0.6 is 0 Å². The van der Waals surface area contributed by atoms with Gasteiger partial charge in [0.2, 0.25) is 5.91 Å². The van der Waals surface area contributed by atoms with E-state index in [0.29, 0.717) is 5.91 Å². The van der Waals surface area contributed by atoms with Crippen LogP contribution in [0.25, 0.3) is 0 Å². The Morgan fingerprint density at radius 2 is 1.86 bits per heavy atom. The lowest BCUT2D eigenvalue weighted by molar-refractivity contribution is -0.133. The van der Waals surface area contributed by atoms with E-state index in [2.05, 4.69) is 41.1 Å². The van der Waals surface area contributed by atoms with Crippen LogP contribution in [0.2, 0.25) is 0 Å². The van der Waals surface area contributed by atoms with Gasteiger partial charge in [-0.05, 0) is 38.4 Å². The molecule has 3 rings (SSSR count). The number of carbonyl (C=O) groups excluding carboxylic acids is 1. The van der Waals surface area contributed by atoms with Crippen molar-refractivity contribution in [3.63, 3.8) is 0 Å². The second-order valence-electron chi connectivity index (χ2n) is 6.74. The Morgan fingerprint density at radius 1 is 1.14 bits per heavy atom. The maximum Gasteiger partial charge on any atom is 0.227 e. The lowest BCUT2D eigenvalue weighted by Gasteiger charge is -2.25. The molecule has 4 nitrogen and oxygen atoms in total. The topological polar surface area (TPSA) is 26.8 Å². The highest BCUT2D eigenvalue weighted by Crippen LogP contribution is 2.26. The first kappa shape index (κ1) is 15.3. The summed E-state index contributed by atoms with van der Waals surface area (Å²) in [5, 5.41) is 0. The van der Waals surface area contributed by atoms with Crippen molar-refractivity contribution < 1.29 is 4.79 Å². The molecule has 22 heavy (non-hydrogen) atoms. The molecule has 1 aromatic rings. The molecule has 2 fully saturated rings. The average molecular weight is 301 g/mol. The summed E-state index contributed by atoms with van der Waals surface area (Å²) in [5.41, 5.74) is 1.23. The lowest BCUT2D eigenvalue weighted by atomic mass is 10.1. The van der Waals surface area contributed by atoms with Crippen LogP contribution in [0, 0.1) is 5.92 Å². The monoisotopic (exact) mass is 301 g/mol. The third kappa shape index (κ3) is 3.61. The van der Waals surface area contributed by atoms with Crippen LogP contribution in [0.1, 0.15) is 19.3 Å². The first-order valence-corrected chi connectivity index (χ1v) is 8.40. The zero-order chi connectivity index (χ0) is 15.5. The molecule has 4 heteroatoms. The van der Waals surface area contributed by atoms with Crippen molar-refractivity contribution in [2.45, 2.75) is 25.3 Å². The predicted molar refractivity (Wildman–Crippen MR) is 90.1 cm³/mol. The molecule has 0 radical (unpaired) electrons. The number of anilines is 1. The minimum absolute atomic E-state index is 0.149. The quantitative estimate of drug-likeness (QED) is 0.805. The predicted octanol–water partition coefficient (Wildman–Crippen LogP) is 2.07. The smallest absolute Gasteiger partial charge is 0.227 e. The Morgan fingerprint density at radius 3 is 2.55 bits per heavy atom.